The number of para-hydroxylation sites is 1. The fourth-order valence-electron chi connectivity index (χ4n) is 2.27. The maximum atomic E-state index is 12.0. The molecule has 0 radical (unpaired) electrons. The lowest BCUT2D eigenvalue weighted by atomic mass is 10.1. The van der Waals surface area contributed by atoms with Crippen molar-refractivity contribution in [2.24, 2.45) is 0 Å². The number of rotatable bonds is 7. The molecule has 1 heterocycles. The van der Waals surface area contributed by atoms with Crippen molar-refractivity contribution in [3.05, 3.63) is 81.6 Å². The molecule has 27 heavy (non-hydrogen) atoms. The highest BCUT2D eigenvalue weighted by molar-refractivity contribution is 6.32. The van der Waals surface area contributed by atoms with E-state index in [4.69, 9.17) is 25.5 Å². The van der Waals surface area contributed by atoms with Gasteiger partial charge in [-0.15, -0.1) is 0 Å². The second-order valence-electron chi connectivity index (χ2n) is 5.38. The summed E-state index contributed by atoms with van der Waals surface area (Å²) in [5.74, 6) is 0.310. The van der Waals surface area contributed by atoms with E-state index >= 15 is 0 Å². The number of hydrogen-bond donors (Lipinski definition) is 0. The van der Waals surface area contributed by atoms with Gasteiger partial charge in [0.15, 0.2) is 0 Å². The summed E-state index contributed by atoms with van der Waals surface area (Å²) < 4.78 is 16.0. The molecule has 0 N–H and O–H groups in total. The van der Waals surface area contributed by atoms with Gasteiger partial charge in [0.1, 0.15) is 24.7 Å². The zero-order valence-electron chi connectivity index (χ0n) is 14.0. The van der Waals surface area contributed by atoms with Crippen LogP contribution in [0.15, 0.2) is 65.1 Å². The van der Waals surface area contributed by atoms with Gasteiger partial charge in [0, 0.05) is 17.7 Å². The highest BCUT2D eigenvalue weighted by Crippen LogP contribution is 2.25. The van der Waals surface area contributed by atoms with Crippen LogP contribution in [-0.2, 0) is 4.74 Å². The fraction of sp³-hybridized carbons (Fsp3) is 0.105. The van der Waals surface area contributed by atoms with Crippen LogP contribution < -0.4 is 4.74 Å². The zero-order valence-corrected chi connectivity index (χ0v) is 14.7. The molecular formula is C19H14ClNO6. The first kappa shape index (κ1) is 18.5. The molecule has 0 fully saturated rings. The first-order valence-electron chi connectivity index (χ1n) is 7.94. The summed E-state index contributed by atoms with van der Waals surface area (Å²) in [6.07, 6.45) is 0. The molecule has 3 rings (SSSR count). The van der Waals surface area contributed by atoms with Crippen molar-refractivity contribution in [2.75, 3.05) is 13.2 Å². The van der Waals surface area contributed by atoms with E-state index in [9.17, 15) is 14.9 Å². The SMILES string of the molecule is O=C(OCCOc1ccccc1Cl)c1ccc(-c2ccc([N+](=O)[O-])cc2)o1. The molecule has 0 atom stereocenters. The van der Waals surface area contributed by atoms with Crippen LogP contribution >= 0.6 is 11.6 Å². The van der Waals surface area contributed by atoms with Crippen molar-refractivity contribution in [3.63, 3.8) is 0 Å². The number of furan rings is 1. The summed E-state index contributed by atoms with van der Waals surface area (Å²) in [5, 5.41) is 11.2. The third-order valence-electron chi connectivity index (χ3n) is 3.58. The number of carbonyl (C=O) groups is 1. The van der Waals surface area contributed by atoms with Gasteiger partial charge in [-0.3, -0.25) is 10.1 Å². The van der Waals surface area contributed by atoms with Gasteiger partial charge in [-0.2, -0.15) is 0 Å². The second kappa shape index (κ2) is 8.37. The lowest BCUT2D eigenvalue weighted by Crippen LogP contribution is -2.12. The molecule has 0 bridgehead atoms. The Bertz CT molecular complexity index is 951. The van der Waals surface area contributed by atoms with Crippen LogP contribution in [-0.4, -0.2) is 24.1 Å². The number of nitro groups is 1. The van der Waals surface area contributed by atoms with E-state index in [0.29, 0.717) is 22.1 Å². The minimum absolute atomic E-state index is 0.0246. The predicted molar refractivity (Wildman–Crippen MR) is 98.0 cm³/mol. The van der Waals surface area contributed by atoms with Gasteiger partial charge in [0.05, 0.1) is 9.95 Å². The number of benzene rings is 2. The number of non-ortho nitro benzene ring substituents is 1. The van der Waals surface area contributed by atoms with Crippen molar-refractivity contribution >= 4 is 23.3 Å². The van der Waals surface area contributed by atoms with Crippen LogP contribution in [0.3, 0.4) is 0 Å². The van der Waals surface area contributed by atoms with E-state index in [1.54, 1.807) is 42.5 Å². The van der Waals surface area contributed by atoms with Crippen LogP contribution in [0.4, 0.5) is 5.69 Å². The monoisotopic (exact) mass is 387 g/mol. The average molecular weight is 388 g/mol. The molecule has 3 aromatic rings. The van der Waals surface area contributed by atoms with Gasteiger partial charge in [-0.1, -0.05) is 23.7 Å². The highest BCUT2D eigenvalue weighted by atomic mass is 35.5. The Hall–Kier alpha value is -3.32. The van der Waals surface area contributed by atoms with E-state index in [1.165, 1.54) is 18.2 Å². The van der Waals surface area contributed by atoms with E-state index in [2.05, 4.69) is 0 Å². The molecule has 0 saturated carbocycles. The Balaban J connectivity index is 1.54. The van der Waals surface area contributed by atoms with Crippen LogP contribution in [0.25, 0.3) is 11.3 Å². The number of halogens is 1. The lowest BCUT2D eigenvalue weighted by molar-refractivity contribution is -0.384. The Morgan fingerprint density at radius 3 is 2.48 bits per heavy atom. The molecule has 0 amide bonds. The van der Waals surface area contributed by atoms with Crippen molar-refractivity contribution in [2.45, 2.75) is 0 Å². The smallest absolute Gasteiger partial charge is 0.374 e. The molecule has 0 aliphatic rings. The summed E-state index contributed by atoms with van der Waals surface area (Å²) in [6, 6.07) is 15.9. The standard InChI is InChI=1S/C19H14ClNO6/c20-15-3-1-2-4-17(15)25-11-12-26-19(22)18-10-9-16(27-18)13-5-7-14(8-6-13)21(23)24/h1-10H,11-12H2. The normalized spacial score (nSPS) is 10.4. The van der Waals surface area contributed by atoms with Crippen LogP contribution in [0.2, 0.25) is 5.02 Å². The van der Waals surface area contributed by atoms with Crippen LogP contribution in [0, 0.1) is 10.1 Å². The van der Waals surface area contributed by atoms with Gasteiger partial charge in [-0.05, 0) is 36.4 Å². The van der Waals surface area contributed by atoms with Gasteiger partial charge >= 0.3 is 5.97 Å². The van der Waals surface area contributed by atoms with E-state index in [-0.39, 0.29) is 24.7 Å². The third-order valence-corrected chi connectivity index (χ3v) is 3.89. The second-order valence-corrected chi connectivity index (χ2v) is 5.79. The molecule has 1 aromatic heterocycles. The van der Waals surface area contributed by atoms with Crippen molar-refractivity contribution < 1.29 is 23.6 Å². The molecule has 8 heteroatoms. The molecule has 0 aliphatic carbocycles. The first-order chi connectivity index (χ1) is 13.0. The van der Waals surface area contributed by atoms with Crippen LogP contribution in [0.1, 0.15) is 10.6 Å². The molecule has 0 aliphatic heterocycles. The topological polar surface area (TPSA) is 91.8 Å². The Morgan fingerprint density at radius 1 is 1.04 bits per heavy atom. The molecule has 0 spiro atoms. The van der Waals surface area contributed by atoms with Gasteiger partial charge in [0.2, 0.25) is 5.76 Å². The maximum Gasteiger partial charge on any atom is 0.374 e. The van der Waals surface area contributed by atoms with Crippen molar-refractivity contribution in [1.29, 1.82) is 0 Å². The molecule has 0 saturated heterocycles. The molecule has 138 valence electrons. The third kappa shape index (κ3) is 4.65. The van der Waals surface area contributed by atoms with Gasteiger partial charge < -0.3 is 13.9 Å². The molecule has 0 unspecified atom stereocenters. The minimum Gasteiger partial charge on any atom is -0.488 e. The summed E-state index contributed by atoms with van der Waals surface area (Å²) in [5.41, 5.74) is 0.588. The van der Waals surface area contributed by atoms with Crippen molar-refractivity contribution in [1.82, 2.24) is 0 Å². The molecule has 2 aromatic carbocycles. The first-order valence-corrected chi connectivity index (χ1v) is 8.31. The number of nitrogens with zero attached hydrogens (tertiary/aromatic N) is 1. The van der Waals surface area contributed by atoms with Gasteiger partial charge in [0.25, 0.3) is 5.69 Å². The molecular weight excluding hydrogens is 374 g/mol. The molecule has 7 nitrogen and oxygen atoms in total. The summed E-state index contributed by atoms with van der Waals surface area (Å²) in [6.45, 7) is 0.170. The predicted octanol–water partition coefficient (Wildman–Crippen LogP) is 4.74. The lowest BCUT2D eigenvalue weighted by Gasteiger charge is -2.07. The van der Waals surface area contributed by atoms with E-state index < -0.39 is 10.9 Å². The number of hydrogen-bond acceptors (Lipinski definition) is 6. The largest absolute Gasteiger partial charge is 0.488 e. The highest BCUT2D eigenvalue weighted by Gasteiger charge is 2.14. The summed E-state index contributed by atoms with van der Waals surface area (Å²) in [7, 11) is 0. The minimum atomic E-state index is -0.633. The maximum absolute atomic E-state index is 12.0. The number of nitro benzene ring substituents is 1. The summed E-state index contributed by atoms with van der Waals surface area (Å²) in [4.78, 5) is 22.2. The van der Waals surface area contributed by atoms with Crippen molar-refractivity contribution in [3.8, 4) is 17.1 Å². The van der Waals surface area contributed by atoms with E-state index in [1.807, 2.05) is 0 Å². The number of esters is 1. The number of ether oxygens (including phenoxy) is 2. The quantitative estimate of drug-likeness (QED) is 0.251. The Kier molecular flexibility index (Phi) is 5.73. The van der Waals surface area contributed by atoms with E-state index in [0.717, 1.165) is 0 Å². The Labute approximate surface area is 159 Å². The zero-order chi connectivity index (χ0) is 19.2. The summed E-state index contributed by atoms with van der Waals surface area (Å²) >= 11 is 5.96. The van der Waals surface area contributed by atoms with Gasteiger partial charge in [-0.25, -0.2) is 4.79 Å². The fourth-order valence-corrected chi connectivity index (χ4v) is 2.46. The average Bonchev–Trinajstić information content (AvgIpc) is 3.17. The number of carbonyl (C=O) groups excluding carboxylic acids is 1. The Morgan fingerprint density at radius 2 is 1.78 bits per heavy atom. The van der Waals surface area contributed by atoms with Crippen LogP contribution in [0.5, 0.6) is 5.75 Å².